The lowest BCUT2D eigenvalue weighted by molar-refractivity contribution is 0.0945. The van der Waals surface area contributed by atoms with Gasteiger partial charge >= 0.3 is 0 Å². The van der Waals surface area contributed by atoms with Crippen molar-refractivity contribution in [1.29, 1.82) is 0 Å². The number of benzene rings is 1. The number of rotatable bonds is 8. The highest BCUT2D eigenvalue weighted by Gasteiger charge is 2.19. The Balaban J connectivity index is 1.39. The van der Waals surface area contributed by atoms with Crippen molar-refractivity contribution in [2.75, 3.05) is 19.6 Å². The lowest BCUT2D eigenvalue weighted by Crippen LogP contribution is -2.34. The summed E-state index contributed by atoms with van der Waals surface area (Å²) in [6.07, 6.45) is 8.25. The highest BCUT2D eigenvalue weighted by Crippen LogP contribution is 2.23. The van der Waals surface area contributed by atoms with Gasteiger partial charge in [-0.1, -0.05) is 44.4 Å². The molecule has 0 N–H and O–H groups in total. The van der Waals surface area contributed by atoms with E-state index in [1.54, 1.807) is 0 Å². The first-order chi connectivity index (χ1) is 11.8. The summed E-state index contributed by atoms with van der Waals surface area (Å²) in [6, 6.07) is 9.67. The second kappa shape index (κ2) is 8.48. The van der Waals surface area contributed by atoms with Gasteiger partial charge in [-0.2, -0.15) is 0 Å². The monoisotopic (exact) mass is 327 g/mol. The quantitative estimate of drug-likeness (QED) is 0.617. The number of unbranched alkanes of at least 4 members (excludes halogenated alkanes) is 1. The molecule has 1 aliphatic rings. The molecule has 0 unspecified atom stereocenters. The normalized spacial score (nSPS) is 16.7. The number of nitrogens with zero attached hydrogens (tertiary/aromatic N) is 1. The lowest BCUT2D eigenvalue weighted by atomic mass is 9.91. The van der Waals surface area contributed by atoms with E-state index in [2.05, 4.69) is 11.8 Å². The fourth-order valence-electron chi connectivity index (χ4n) is 3.70. The van der Waals surface area contributed by atoms with Crippen LogP contribution in [0.4, 0.5) is 0 Å². The Morgan fingerprint density at radius 3 is 2.75 bits per heavy atom. The predicted molar refractivity (Wildman–Crippen MR) is 98.5 cm³/mol. The van der Waals surface area contributed by atoms with Gasteiger partial charge in [0.05, 0.1) is 0 Å². The number of fused-ring (bicyclic) bond motifs is 1. The Kier molecular flexibility index (Phi) is 6.08. The number of likely N-dealkylation sites (tertiary alicyclic amines) is 1. The highest BCUT2D eigenvalue weighted by atomic mass is 16.3. The largest absolute Gasteiger partial charge is 0.453 e. The smallest absolute Gasteiger partial charge is 0.198 e. The summed E-state index contributed by atoms with van der Waals surface area (Å²) in [6.45, 7) is 5.71. The van der Waals surface area contributed by atoms with Gasteiger partial charge in [-0.05, 0) is 56.9 Å². The molecule has 0 bridgehead atoms. The molecule has 0 spiro atoms. The maximum atomic E-state index is 12.3. The fourth-order valence-corrected chi connectivity index (χ4v) is 3.70. The molecular weight excluding hydrogens is 298 g/mol. The van der Waals surface area contributed by atoms with Crippen LogP contribution in [0.1, 0.15) is 62.4 Å². The Morgan fingerprint density at radius 2 is 2.00 bits per heavy atom. The van der Waals surface area contributed by atoms with Gasteiger partial charge in [-0.25, -0.2) is 0 Å². The van der Waals surface area contributed by atoms with Crippen molar-refractivity contribution in [2.24, 2.45) is 5.92 Å². The van der Waals surface area contributed by atoms with E-state index in [4.69, 9.17) is 4.42 Å². The fraction of sp³-hybridized carbons (Fsp3) is 0.571. The van der Waals surface area contributed by atoms with Crippen LogP contribution in [-0.4, -0.2) is 30.3 Å². The average molecular weight is 327 g/mol. The molecule has 0 atom stereocenters. The number of piperidine rings is 1. The van der Waals surface area contributed by atoms with E-state index in [0.29, 0.717) is 12.2 Å². The van der Waals surface area contributed by atoms with E-state index in [0.717, 1.165) is 29.9 Å². The van der Waals surface area contributed by atoms with Crippen molar-refractivity contribution < 1.29 is 9.21 Å². The van der Waals surface area contributed by atoms with Crippen molar-refractivity contribution in [1.82, 2.24) is 4.90 Å². The van der Waals surface area contributed by atoms with Crippen LogP contribution in [0.25, 0.3) is 11.0 Å². The van der Waals surface area contributed by atoms with Gasteiger partial charge in [-0.3, -0.25) is 4.79 Å². The first-order valence-corrected chi connectivity index (χ1v) is 9.50. The summed E-state index contributed by atoms with van der Waals surface area (Å²) >= 11 is 0. The predicted octanol–water partition coefficient (Wildman–Crippen LogP) is 5.30. The summed E-state index contributed by atoms with van der Waals surface area (Å²) in [4.78, 5) is 14.8. The molecule has 1 fully saturated rings. The molecule has 0 saturated carbocycles. The van der Waals surface area contributed by atoms with Gasteiger partial charge < -0.3 is 9.32 Å². The SMILES string of the molecule is CCCCC1CCN(CCCC(=O)c2cc3ccccc3o2)CC1. The van der Waals surface area contributed by atoms with Crippen LogP contribution in [-0.2, 0) is 0 Å². The minimum Gasteiger partial charge on any atom is -0.453 e. The zero-order valence-electron chi connectivity index (χ0n) is 14.8. The number of para-hydroxylation sites is 1. The van der Waals surface area contributed by atoms with Crippen LogP contribution < -0.4 is 0 Å². The molecule has 0 aliphatic carbocycles. The van der Waals surface area contributed by atoms with Crippen molar-refractivity contribution in [2.45, 2.75) is 51.9 Å². The molecule has 1 aliphatic heterocycles. The number of Topliss-reactive ketones (excluding diaryl/α,β-unsaturated/α-hetero) is 1. The van der Waals surface area contributed by atoms with Gasteiger partial charge in [0.15, 0.2) is 11.5 Å². The minimum atomic E-state index is 0.129. The Hall–Kier alpha value is -1.61. The molecule has 2 aromatic rings. The summed E-state index contributed by atoms with van der Waals surface area (Å²) in [5.74, 6) is 1.57. The topological polar surface area (TPSA) is 33.5 Å². The summed E-state index contributed by atoms with van der Waals surface area (Å²) < 4.78 is 5.66. The van der Waals surface area contributed by atoms with E-state index < -0.39 is 0 Å². The highest BCUT2D eigenvalue weighted by molar-refractivity contribution is 5.97. The third-order valence-corrected chi connectivity index (χ3v) is 5.25. The summed E-state index contributed by atoms with van der Waals surface area (Å²) in [7, 11) is 0. The zero-order chi connectivity index (χ0) is 16.8. The number of carbonyl (C=O) groups excluding carboxylic acids is 1. The number of furan rings is 1. The van der Waals surface area contributed by atoms with Crippen LogP contribution >= 0.6 is 0 Å². The van der Waals surface area contributed by atoms with Gasteiger partial charge in [-0.15, -0.1) is 0 Å². The molecule has 1 saturated heterocycles. The molecule has 24 heavy (non-hydrogen) atoms. The van der Waals surface area contributed by atoms with Crippen LogP contribution in [0.2, 0.25) is 0 Å². The Morgan fingerprint density at radius 1 is 1.21 bits per heavy atom. The molecule has 2 heterocycles. The molecule has 0 amide bonds. The van der Waals surface area contributed by atoms with Crippen LogP contribution in [0.15, 0.2) is 34.7 Å². The molecule has 3 nitrogen and oxygen atoms in total. The van der Waals surface area contributed by atoms with Crippen LogP contribution in [0.5, 0.6) is 0 Å². The average Bonchev–Trinajstić information content (AvgIpc) is 3.05. The third-order valence-electron chi connectivity index (χ3n) is 5.25. The maximum Gasteiger partial charge on any atom is 0.198 e. The van der Waals surface area contributed by atoms with Crippen molar-refractivity contribution >= 4 is 16.8 Å². The van der Waals surface area contributed by atoms with Crippen LogP contribution in [0.3, 0.4) is 0 Å². The molecular formula is C21H29NO2. The van der Waals surface area contributed by atoms with Crippen LogP contribution in [0, 0.1) is 5.92 Å². The molecule has 3 rings (SSSR count). The summed E-state index contributed by atoms with van der Waals surface area (Å²) in [5, 5.41) is 1.01. The van der Waals surface area contributed by atoms with Crippen molar-refractivity contribution in [3.05, 3.63) is 36.1 Å². The van der Waals surface area contributed by atoms with E-state index in [9.17, 15) is 4.79 Å². The van der Waals surface area contributed by atoms with E-state index in [1.165, 1.54) is 45.2 Å². The molecule has 0 radical (unpaired) electrons. The minimum absolute atomic E-state index is 0.129. The van der Waals surface area contributed by atoms with Gasteiger partial charge in [0, 0.05) is 11.8 Å². The van der Waals surface area contributed by atoms with Crippen molar-refractivity contribution in [3.8, 4) is 0 Å². The zero-order valence-corrected chi connectivity index (χ0v) is 14.8. The second-order valence-corrected chi connectivity index (χ2v) is 7.10. The molecule has 1 aromatic heterocycles. The van der Waals surface area contributed by atoms with E-state index in [-0.39, 0.29) is 5.78 Å². The number of hydrogen-bond acceptors (Lipinski definition) is 3. The first kappa shape index (κ1) is 17.2. The first-order valence-electron chi connectivity index (χ1n) is 9.50. The lowest BCUT2D eigenvalue weighted by Gasteiger charge is -2.31. The third kappa shape index (κ3) is 4.47. The number of hydrogen-bond donors (Lipinski definition) is 0. The Labute approximate surface area is 145 Å². The summed E-state index contributed by atoms with van der Waals surface area (Å²) in [5.41, 5.74) is 0.801. The maximum absolute atomic E-state index is 12.3. The van der Waals surface area contributed by atoms with E-state index >= 15 is 0 Å². The van der Waals surface area contributed by atoms with Crippen molar-refractivity contribution in [3.63, 3.8) is 0 Å². The number of ketones is 1. The second-order valence-electron chi connectivity index (χ2n) is 7.10. The van der Waals surface area contributed by atoms with E-state index in [1.807, 2.05) is 30.3 Å². The Bertz CT molecular complexity index is 620. The number of carbonyl (C=O) groups is 1. The van der Waals surface area contributed by atoms with Gasteiger partial charge in [0.1, 0.15) is 5.58 Å². The molecule has 1 aromatic carbocycles. The van der Waals surface area contributed by atoms with Gasteiger partial charge in [0.2, 0.25) is 0 Å². The molecule has 3 heteroatoms. The molecule has 130 valence electrons. The standard InChI is InChI=1S/C21H29NO2/c1-2-3-7-17-11-14-22(15-12-17)13-6-9-19(23)21-16-18-8-4-5-10-20(18)24-21/h4-5,8,10,16-17H,2-3,6-7,9,11-15H2,1H3. The van der Waals surface area contributed by atoms with Gasteiger partial charge in [0.25, 0.3) is 0 Å².